The van der Waals surface area contributed by atoms with Crippen LogP contribution >= 0.6 is 0 Å². The van der Waals surface area contributed by atoms with Crippen molar-refractivity contribution in [1.29, 1.82) is 0 Å². The monoisotopic (exact) mass is 521 g/mol. The first-order valence-electron chi connectivity index (χ1n) is 12.2. The molecule has 192 valence electrons. The maximum atomic E-state index is 15.2. The fourth-order valence-corrected chi connectivity index (χ4v) is 4.57. The number of hydrogen-bond donors (Lipinski definition) is 1. The molecule has 0 atom stereocenters. The van der Waals surface area contributed by atoms with E-state index in [9.17, 15) is 9.18 Å². The summed E-state index contributed by atoms with van der Waals surface area (Å²) < 4.78 is 39.7. The summed E-state index contributed by atoms with van der Waals surface area (Å²) in [5.41, 5.74) is 3.34. The van der Waals surface area contributed by atoms with Crippen LogP contribution in [0.5, 0.6) is 17.2 Å². The Labute approximate surface area is 222 Å². The highest BCUT2D eigenvalue weighted by molar-refractivity contribution is 6.32. The third-order valence-electron chi connectivity index (χ3n) is 6.51. The van der Waals surface area contributed by atoms with Gasteiger partial charge in [0.25, 0.3) is 0 Å². The highest BCUT2D eigenvalue weighted by Crippen LogP contribution is 2.35. The molecular weight excluding hydrogens is 500 g/mol. The summed E-state index contributed by atoms with van der Waals surface area (Å²) in [6, 6.07) is 19.0. The zero-order valence-electron chi connectivity index (χ0n) is 20.7. The first-order valence-corrected chi connectivity index (χ1v) is 12.2. The minimum absolute atomic E-state index is 0.0320. The standard InChI is InChI=1S/C31H21F2N3O3/c1-38-22-8-10-24-26(17-22)34-15-13-27(24)39-28-11-7-21(16-25(28)33)36-31-29-19(12-14-35-31)4-9-23(30(29)37)18-2-5-20(32)6-3-18/h2-3,5-17H,4H2,1H3,(H,35,36). The Morgan fingerprint density at radius 2 is 1.69 bits per heavy atom. The van der Waals surface area contributed by atoms with Crippen LogP contribution in [-0.4, -0.2) is 22.9 Å². The zero-order valence-corrected chi connectivity index (χ0v) is 20.7. The summed E-state index contributed by atoms with van der Waals surface area (Å²) in [6.07, 6.45) is 5.52. The molecule has 6 nitrogen and oxygen atoms in total. The van der Waals surface area contributed by atoms with Crippen molar-refractivity contribution >= 4 is 33.8 Å². The lowest BCUT2D eigenvalue weighted by atomic mass is 9.87. The molecule has 0 saturated carbocycles. The quantitative estimate of drug-likeness (QED) is 0.253. The van der Waals surface area contributed by atoms with Crippen LogP contribution < -0.4 is 14.8 Å². The van der Waals surface area contributed by atoms with E-state index in [1.54, 1.807) is 68.0 Å². The summed E-state index contributed by atoms with van der Waals surface area (Å²) in [5, 5.41) is 3.79. The Balaban J connectivity index is 1.26. The average Bonchev–Trinajstić information content (AvgIpc) is 2.95. The number of aromatic nitrogens is 2. The van der Waals surface area contributed by atoms with Crippen molar-refractivity contribution in [2.75, 3.05) is 12.4 Å². The fraction of sp³-hybridized carbons (Fsp3) is 0.0645. The molecule has 0 unspecified atom stereocenters. The molecule has 2 aromatic heterocycles. The molecule has 39 heavy (non-hydrogen) atoms. The summed E-state index contributed by atoms with van der Waals surface area (Å²) in [5.74, 6) is 0.244. The highest BCUT2D eigenvalue weighted by atomic mass is 19.1. The smallest absolute Gasteiger partial charge is 0.197 e. The van der Waals surface area contributed by atoms with Crippen molar-refractivity contribution in [2.24, 2.45) is 0 Å². The molecule has 0 fully saturated rings. The number of ether oxygens (including phenoxy) is 2. The molecule has 0 spiro atoms. The lowest BCUT2D eigenvalue weighted by molar-refractivity contribution is 0.105. The molecule has 6 rings (SSSR count). The predicted octanol–water partition coefficient (Wildman–Crippen LogP) is 7.27. The number of ketones is 1. The van der Waals surface area contributed by atoms with Crippen molar-refractivity contribution in [3.63, 3.8) is 0 Å². The van der Waals surface area contributed by atoms with Crippen molar-refractivity contribution in [2.45, 2.75) is 6.42 Å². The van der Waals surface area contributed by atoms with Crippen LogP contribution in [0, 0.1) is 11.6 Å². The van der Waals surface area contributed by atoms with Crippen molar-refractivity contribution in [3.8, 4) is 17.2 Å². The van der Waals surface area contributed by atoms with Crippen LogP contribution in [0.25, 0.3) is 16.5 Å². The van der Waals surface area contributed by atoms with Gasteiger partial charge < -0.3 is 14.8 Å². The van der Waals surface area contributed by atoms with E-state index in [1.807, 2.05) is 6.08 Å². The number of carbonyl (C=O) groups excluding carboxylic acids is 1. The van der Waals surface area contributed by atoms with Gasteiger partial charge in [0.05, 0.1) is 18.2 Å². The van der Waals surface area contributed by atoms with Crippen molar-refractivity contribution < 1.29 is 23.0 Å². The molecule has 0 radical (unpaired) electrons. The average molecular weight is 522 g/mol. The molecule has 2 heterocycles. The lowest BCUT2D eigenvalue weighted by Crippen LogP contribution is -2.15. The number of rotatable bonds is 6. The Morgan fingerprint density at radius 3 is 2.49 bits per heavy atom. The maximum Gasteiger partial charge on any atom is 0.197 e. The van der Waals surface area contributed by atoms with E-state index >= 15 is 4.39 Å². The predicted molar refractivity (Wildman–Crippen MR) is 145 cm³/mol. The van der Waals surface area contributed by atoms with Crippen LogP contribution in [0.2, 0.25) is 0 Å². The Hall–Kier alpha value is -5.11. The number of anilines is 2. The second-order valence-electron chi connectivity index (χ2n) is 8.92. The van der Waals surface area contributed by atoms with Crippen LogP contribution in [0.15, 0.2) is 91.3 Å². The van der Waals surface area contributed by atoms with E-state index in [0.717, 1.165) is 5.56 Å². The van der Waals surface area contributed by atoms with Gasteiger partial charge in [0, 0.05) is 41.2 Å². The maximum absolute atomic E-state index is 15.2. The zero-order chi connectivity index (χ0) is 26.9. The minimum Gasteiger partial charge on any atom is -0.497 e. The number of halogens is 2. The summed E-state index contributed by atoms with van der Waals surface area (Å²) in [4.78, 5) is 22.1. The number of nitrogens with one attached hydrogen (secondary N) is 1. The number of allylic oxidation sites excluding steroid dienone is 2. The molecule has 0 bridgehead atoms. The molecule has 1 aliphatic rings. The molecule has 5 aromatic rings. The molecular formula is C31H21F2N3O3. The third-order valence-corrected chi connectivity index (χ3v) is 6.51. The molecule has 0 amide bonds. The van der Waals surface area contributed by atoms with Crippen molar-refractivity contribution in [3.05, 3.63) is 120 Å². The number of carbonyl (C=O) groups is 1. The Kier molecular flexibility index (Phi) is 6.20. The largest absolute Gasteiger partial charge is 0.497 e. The number of hydrogen-bond acceptors (Lipinski definition) is 6. The van der Waals surface area contributed by atoms with Gasteiger partial charge in [-0.05, 0) is 66.1 Å². The molecule has 3 aromatic carbocycles. The second-order valence-corrected chi connectivity index (χ2v) is 8.92. The lowest BCUT2D eigenvalue weighted by Gasteiger charge is -2.19. The minimum atomic E-state index is -0.596. The van der Waals surface area contributed by atoms with Crippen LogP contribution in [-0.2, 0) is 6.42 Å². The van der Waals surface area contributed by atoms with E-state index in [0.29, 0.717) is 57.0 Å². The van der Waals surface area contributed by atoms with E-state index in [1.165, 1.54) is 24.3 Å². The molecule has 1 aliphatic carbocycles. The number of fused-ring (bicyclic) bond motifs is 2. The van der Waals surface area contributed by atoms with E-state index in [2.05, 4.69) is 15.3 Å². The van der Waals surface area contributed by atoms with Gasteiger partial charge in [0.2, 0.25) is 0 Å². The number of benzene rings is 3. The van der Waals surface area contributed by atoms with Crippen molar-refractivity contribution in [1.82, 2.24) is 9.97 Å². The van der Waals surface area contributed by atoms with E-state index in [-0.39, 0.29) is 17.3 Å². The van der Waals surface area contributed by atoms with Crippen LogP contribution in [0.4, 0.5) is 20.3 Å². The Morgan fingerprint density at radius 1 is 0.872 bits per heavy atom. The van der Waals surface area contributed by atoms with Gasteiger partial charge in [0.15, 0.2) is 17.3 Å². The van der Waals surface area contributed by atoms with Gasteiger partial charge >= 0.3 is 0 Å². The second kappa shape index (κ2) is 9.98. The Bertz CT molecular complexity index is 1770. The summed E-state index contributed by atoms with van der Waals surface area (Å²) >= 11 is 0. The fourth-order valence-electron chi connectivity index (χ4n) is 4.57. The molecule has 0 aliphatic heterocycles. The first kappa shape index (κ1) is 24.2. The van der Waals surface area contributed by atoms with Gasteiger partial charge in [-0.1, -0.05) is 18.2 Å². The van der Waals surface area contributed by atoms with Gasteiger partial charge in [-0.25, -0.2) is 13.8 Å². The summed E-state index contributed by atoms with van der Waals surface area (Å²) in [7, 11) is 1.57. The molecule has 1 N–H and O–H groups in total. The third kappa shape index (κ3) is 4.68. The SMILES string of the molecule is COc1ccc2c(Oc3ccc(Nc4nccc5c4C(=O)C(c4ccc(F)cc4)=CC5)cc3F)ccnc2c1. The highest BCUT2D eigenvalue weighted by Gasteiger charge is 2.26. The van der Waals surface area contributed by atoms with Gasteiger partial charge in [-0.2, -0.15) is 0 Å². The summed E-state index contributed by atoms with van der Waals surface area (Å²) in [6.45, 7) is 0. The van der Waals surface area contributed by atoms with Gasteiger partial charge in [-0.15, -0.1) is 0 Å². The molecule has 0 saturated heterocycles. The van der Waals surface area contributed by atoms with Gasteiger partial charge in [0.1, 0.15) is 23.1 Å². The van der Waals surface area contributed by atoms with Gasteiger partial charge in [-0.3, -0.25) is 9.78 Å². The normalized spacial score (nSPS) is 12.6. The van der Waals surface area contributed by atoms with Crippen LogP contribution in [0.3, 0.4) is 0 Å². The number of Topliss-reactive ketones (excluding diaryl/α,β-unsaturated/α-hetero) is 1. The van der Waals surface area contributed by atoms with E-state index in [4.69, 9.17) is 9.47 Å². The number of methoxy groups -OCH3 is 1. The topological polar surface area (TPSA) is 73.3 Å². The first-order chi connectivity index (χ1) is 19.0. The van der Waals surface area contributed by atoms with E-state index < -0.39 is 5.82 Å². The van der Waals surface area contributed by atoms with Crippen LogP contribution in [0.1, 0.15) is 21.5 Å². The molecule has 8 heteroatoms. The number of nitrogens with zero attached hydrogens (tertiary/aromatic N) is 2. The number of pyridine rings is 2.